The molecular weight excluding hydrogens is 374 g/mol. The Balaban J connectivity index is 1.98. The van der Waals surface area contributed by atoms with Crippen LogP contribution in [-0.4, -0.2) is 13.1 Å². The fourth-order valence-corrected chi connectivity index (χ4v) is 3.87. The van der Waals surface area contributed by atoms with Gasteiger partial charge in [0, 0.05) is 5.56 Å². The van der Waals surface area contributed by atoms with Gasteiger partial charge in [0.2, 0.25) is 5.72 Å². The Morgan fingerprint density at radius 3 is 2.54 bits per heavy atom. The first kappa shape index (κ1) is 18.4. The number of aryl methyl sites for hydroxylation is 2. The summed E-state index contributed by atoms with van der Waals surface area (Å²) in [5, 5.41) is 3.87. The van der Waals surface area contributed by atoms with Gasteiger partial charge in [-0.3, -0.25) is 0 Å². The molecule has 1 atom stereocenters. The van der Waals surface area contributed by atoms with Crippen molar-refractivity contribution in [3.63, 3.8) is 0 Å². The van der Waals surface area contributed by atoms with Crippen molar-refractivity contribution in [2.24, 2.45) is 0 Å². The molecule has 0 saturated carbocycles. The van der Waals surface area contributed by atoms with Crippen molar-refractivity contribution in [1.82, 2.24) is 0 Å². The highest BCUT2D eigenvalue weighted by atomic mass is 35.5. The first-order valence-corrected chi connectivity index (χ1v) is 9.35. The van der Waals surface area contributed by atoms with E-state index < -0.39 is 11.7 Å². The van der Waals surface area contributed by atoms with Gasteiger partial charge in [-0.25, -0.2) is 4.79 Å². The Bertz CT molecular complexity index is 1080. The van der Waals surface area contributed by atoms with Crippen LogP contribution >= 0.6 is 11.6 Å². The van der Waals surface area contributed by atoms with Crippen molar-refractivity contribution >= 4 is 23.3 Å². The third-order valence-corrected chi connectivity index (χ3v) is 5.48. The molecule has 0 fully saturated rings. The van der Waals surface area contributed by atoms with Crippen molar-refractivity contribution in [3.05, 3.63) is 93.5 Å². The van der Waals surface area contributed by atoms with Crippen LogP contribution in [0.1, 0.15) is 32.6 Å². The molecule has 1 heterocycles. The normalized spacial score (nSPS) is 17.8. The van der Waals surface area contributed by atoms with Crippen LogP contribution in [0.5, 0.6) is 5.75 Å². The lowest BCUT2D eigenvalue weighted by molar-refractivity contribution is 0.0212. The number of rotatable bonds is 4. The van der Waals surface area contributed by atoms with Crippen molar-refractivity contribution in [2.75, 3.05) is 12.4 Å². The molecule has 4 rings (SSSR count). The summed E-state index contributed by atoms with van der Waals surface area (Å²) in [5.41, 5.74) is 3.54. The highest BCUT2D eigenvalue weighted by Gasteiger charge is 2.49. The fraction of sp³-hybridized carbons (Fsp3) is 0.174. The second-order valence-electron chi connectivity index (χ2n) is 6.86. The molecule has 0 aliphatic carbocycles. The maximum Gasteiger partial charge on any atom is 0.341 e. The van der Waals surface area contributed by atoms with Crippen molar-refractivity contribution in [2.45, 2.75) is 19.6 Å². The lowest BCUT2D eigenvalue weighted by Crippen LogP contribution is -2.37. The topological polar surface area (TPSA) is 47.6 Å². The Morgan fingerprint density at radius 2 is 1.79 bits per heavy atom. The van der Waals surface area contributed by atoms with E-state index in [9.17, 15) is 4.79 Å². The molecule has 5 heteroatoms. The number of benzene rings is 3. The summed E-state index contributed by atoms with van der Waals surface area (Å²) >= 11 is 6.58. The summed E-state index contributed by atoms with van der Waals surface area (Å²) in [6.07, 6.45) is 0. The minimum atomic E-state index is -1.25. The number of halogens is 1. The summed E-state index contributed by atoms with van der Waals surface area (Å²) in [5.74, 6) is 0.223. The first-order valence-electron chi connectivity index (χ1n) is 8.97. The molecule has 0 bridgehead atoms. The number of anilines is 1. The number of methoxy groups -OCH3 is 1. The van der Waals surface area contributed by atoms with Crippen LogP contribution in [0.4, 0.5) is 5.69 Å². The molecule has 1 N–H and O–H groups in total. The highest BCUT2D eigenvalue weighted by molar-refractivity contribution is 6.32. The van der Waals surface area contributed by atoms with Gasteiger partial charge in [0.15, 0.2) is 0 Å². The Kier molecular flexibility index (Phi) is 4.52. The molecule has 1 aliphatic rings. The van der Waals surface area contributed by atoms with Gasteiger partial charge in [0.1, 0.15) is 5.75 Å². The van der Waals surface area contributed by atoms with Gasteiger partial charge in [-0.15, -0.1) is 0 Å². The van der Waals surface area contributed by atoms with Gasteiger partial charge >= 0.3 is 5.97 Å². The van der Waals surface area contributed by atoms with Crippen LogP contribution in [-0.2, 0) is 10.5 Å². The van der Waals surface area contributed by atoms with Gasteiger partial charge < -0.3 is 14.8 Å². The molecule has 4 nitrogen and oxygen atoms in total. The van der Waals surface area contributed by atoms with E-state index in [2.05, 4.69) is 5.32 Å². The molecule has 0 radical (unpaired) electrons. The molecular formula is C23H20ClNO3. The quantitative estimate of drug-likeness (QED) is 0.599. The largest absolute Gasteiger partial charge is 0.495 e. The van der Waals surface area contributed by atoms with E-state index in [1.165, 1.54) is 0 Å². The zero-order valence-electron chi connectivity index (χ0n) is 15.9. The van der Waals surface area contributed by atoms with Crippen molar-refractivity contribution in [3.8, 4) is 5.75 Å². The predicted octanol–water partition coefficient (Wildman–Crippen LogP) is 5.45. The summed E-state index contributed by atoms with van der Waals surface area (Å²) in [6, 6.07) is 18.7. The van der Waals surface area contributed by atoms with E-state index in [4.69, 9.17) is 21.1 Å². The monoisotopic (exact) mass is 393 g/mol. The Labute approximate surface area is 169 Å². The summed E-state index contributed by atoms with van der Waals surface area (Å²) in [4.78, 5) is 12.8. The summed E-state index contributed by atoms with van der Waals surface area (Å²) in [7, 11) is 1.60. The number of ether oxygens (including phenoxy) is 2. The van der Waals surface area contributed by atoms with E-state index in [-0.39, 0.29) is 0 Å². The minimum Gasteiger partial charge on any atom is -0.495 e. The molecule has 1 aliphatic heterocycles. The second-order valence-corrected chi connectivity index (χ2v) is 7.26. The molecule has 1 unspecified atom stereocenters. The van der Waals surface area contributed by atoms with Crippen LogP contribution < -0.4 is 10.1 Å². The molecule has 0 saturated heterocycles. The number of carbonyl (C=O) groups excluding carboxylic acids is 1. The number of fused-ring (bicyclic) bond motifs is 1. The van der Waals surface area contributed by atoms with E-state index in [1.54, 1.807) is 25.3 Å². The third kappa shape index (κ3) is 2.81. The number of para-hydroxylation sites is 2. The van der Waals surface area contributed by atoms with Gasteiger partial charge in [-0.2, -0.15) is 0 Å². The lowest BCUT2D eigenvalue weighted by Gasteiger charge is -2.33. The Morgan fingerprint density at radius 1 is 1.00 bits per heavy atom. The van der Waals surface area contributed by atoms with Gasteiger partial charge in [0.25, 0.3) is 0 Å². The average Bonchev–Trinajstić information content (AvgIpc) is 2.98. The average molecular weight is 394 g/mol. The number of hydrogen-bond donors (Lipinski definition) is 1. The van der Waals surface area contributed by atoms with Crippen LogP contribution in [0.2, 0.25) is 5.02 Å². The zero-order chi connectivity index (χ0) is 19.9. The summed E-state index contributed by atoms with van der Waals surface area (Å²) in [6.45, 7) is 4.07. The number of cyclic esters (lactones) is 1. The molecule has 3 aromatic rings. The standard InChI is InChI=1S/C23H20ClNO3/c1-14-11-12-16(13-15(14)2)23(25-19-9-4-5-10-20(19)27-3)21-17(22(26)28-23)7-6-8-18(21)24/h4-13,25H,1-3H3. The number of nitrogens with one attached hydrogen (secondary N) is 1. The van der Waals surface area contributed by atoms with Crippen LogP contribution in [0.3, 0.4) is 0 Å². The van der Waals surface area contributed by atoms with E-state index in [0.717, 1.165) is 16.7 Å². The van der Waals surface area contributed by atoms with E-state index >= 15 is 0 Å². The van der Waals surface area contributed by atoms with Crippen molar-refractivity contribution < 1.29 is 14.3 Å². The van der Waals surface area contributed by atoms with Gasteiger partial charge in [-0.1, -0.05) is 41.9 Å². The zero-order valence-corrected chi connectivity index (χ0v) is 16.6. The maximum atomic E-state index is 12.8. The SMILES string of the molecule is COc1ccccc1NC1(c2ccc(C)c(C)c2)OC(=O)c2cccc(Cl)c21. The molecule has 142 valence electrons. The number of esters is 1. The number of hydrogen-bond acceptors (Lipinski definition) is 4. The van der Waals surface area contributed by atoms with Crippen LogP contribution in [0.15, 0.2) is 60.7 Å². The third-order valence-electron chi connectivity index (χ3n) is 5.16. The highest BCUT2D eigenvalue weighted by Crippen LogP contribution is 2.47. The smallest absolute Gasteiger partial charge is 0.341 e. The molecule has 0 spiro atoms. The van der Waals surface area contributed by atoms with Gasteiger partial charge in [0.05, 0.1) is 28.9 Å². The molecule has 0 amide bonds. The predicted molar refractivity (Wildman–Crippen MR) is 110 cm³/mol. The molecule has 28 heavy (non-hydrogen) atoms. The fourth-order valence-electron chi connectivity index (χ4n) is 3.56. The van der Waals surface area contributed by atoms with Gasteiger partial charge in [-0.05, 0) is 55.3 Å². The molecule has 3 aromatic carbocycles. The molecule has 0 aromatic heterocycles. The van der Waals surface area contributed by atoms with Crippen LogP contribution in [0, 0.1) is 13.8 Å². The maximum absolute atomic E-state index is 12.8. The number of carbonyl (C=O) groups is 1. The van der Waals surface area contributed by atoms with E-state index in [0.29, 0.717) is 27.6 Å². The second kappa shape index (κ2) is 6.88. The minimum absolute atomic E-state index is 0.418. The summed E-state index contributed by atoms with van der Waals surface area (Å²) < 4.78 is 11.5. The Hall–Kier alpha value is -2.98. The van der Waals surface area contributed by atoms with E-state index in [1.807, 2.05) is 56.3 Å². The lowest BCUT2D eigenvalue weighted by atomic mass is 9.90. The first-order chi connectivity index (χ1) is 13.5. The van der Waals surface area contributed by atoms with Crippen LogP contribution in [0.25, 0.3) is 0 Å². The van der Waals surface area contributed by atoms with Crippen molar-refractivity contribution in [1.29, 1.82) is 0 Å².